The zero-order valence-corrected chi connectivity index (χ0v) is 11.4. The largest absolute Gasteiger partial charge is 0.444 e. The first-order valence-corrected chi connectivity index (χ1v) is 5.96. The summed E-state index contributed by atoms with van der Waals surface area (Å²) in [5.74, 6) is 0. The van der Waals surface area contributed by atoms with Gasteiger partial charge in [-0.25, -0.2) is 4.79 Å². The van der Waals surface area contributed by atoms with Crippen molar-refractivity contribution in [2.75, 3.05) is 5.32 Å². The normalized spacial score (nSPS) is 12.4. The number of amides is 1. The zero-order chi connectivity index (χ0) is 13.3. The van der Waals surface area contributed by atoms with E-state index in [0.29, 0.717) is 10.1 Å². The van der Waals surface area contributed by atoms with E-state index in [9.17, 15) is 9.90 Å². The van der Waals surface area contributed by atoms with Crippen LogP contribution in [-0.2, 0) is 10.3 Å². The van der Waals surface area contributed by atoms with E-state index in [1.54, 1.807) is 34.6 Å². The van der Waals surface area contributed by atoms with Crippen LogP contribution in [0.15, 0.2) is 0 Å². The molecule has 0 saturated heterocycles. The van der Waals surface area contributed by atoms with Crippen molar-refractivity contribution in [3.05, 3.63) is 5.01 Å². The minimum Gasteiger partial charge on any atom is -0.444 e. The smallest absolute Gasteiger partial charge is 0.414 e. The van der Waals surface area contributed by atoms with E-state index < -0.39 is 17.3 Å². The highest BCUT2D eigenvalue weighted by Crippen LogP contribution is 2.26. The molecule has 0 aromatic carbocycles. The second-order valence-corrected chi connectivity index (χ2v) is 6.08. The predicted molar refractivity (Wildman–Crippen MR) is 65.0 cm³/mol. The summed E-state index contributed by atoms with van der Waals surface area (Å²) >= 11 is 1.11. The van der Waals surface area contributed by atoms with Crippen LogP contribution in [0.1, 0.15) is 39.6 Å². The highest BCUT2D eigenvalue weighted by molar-refractivity contribution is 7.15. The van der Waals surface area contributed by atoms with Crippen molar-refractivity contribution < 1.29 is 14.6 Å². The van der Waals surface area contributed by atoms with Gasteiger partial charge in [0.25, 0.3) is 0 Å². The maximum atomic E-state index is 11.4. The molecule has 0 fully saturated rings. The van der Waals surface area contributed by atoms with Crippen molar-refractivity contribution in [1.82, 2.24) is 10.2 Å². The number of carbonyl (C=O) groups excluding carboxylic acids is 1. The zero-order valence-electron chi connectivity index (χ0n) is 10.6. The Labute approximate surface area is 104 Å². The Morgan fingerprint density at radius 2 is 1.88 bits per heavy atom. The van der Waals surface area contributed by atoms with Crippen LogP contribution in [0.4, 0.5) is 9.93 Å². The topological polar surface area (TPSA) is 84.3 Å². The summed E-state index contributed by atoms with van der Waals surface area (Å²) in [6.07, 6.45) is -0.587. The third-order valence-electron chi connectivity index (χ3n) is 1.56. The average molecular weight is 259 g/mol. The van der Waals surface area contributed by atoms with E-state index in [1.165, 1.54) is 0 Å². The predicted octanol–water partition coefficient (Wildman–Crippen LogP) is 2.11. The van der Waals surface area contributed by atoms with Gasteiger partial charge in [0.1, 0.15) is 16.2 Å². The van der Waals surface area contributed by atoms with Gasteiger partial charge < -0.3 is 9.84 Å². The van der Waals surface area contributed by atoms with Crippen molar-refractivity contribution in [3.63, 3.8) is 0 Å². The number of anilines is 1. The van der Waals surface area contributed by atoms with E-state index >= 15 is 0 Å². The van der Waals surface area contributed by atoms with E-state index in [4.69, 9.17) is 4.74 Å². The first-order chi connectivity index (χ1) is 7.58. The molecule has 0 spiro atoms. The van der Waals surface area contributed by atoms with Gasteiger partial charge in [-0.2, -0.15) is 0 Å². The number of carbonyl (C=O) groups is 1. The van der Waals surface area contributed by atoms with Crippen molar-refractivity contribution in [2.24, 2.45) is 0 Å². The molecule has 17 heavy (non-hydrogen) atoms. The van der Waals surface area contributed by atoms with Crippen LogP contribution in [0.25, 0.3) is 0 Å². The number of nitrogens with zero attached hydrogens (tertiary/aromatic N) is 2. The molecule has 2 N–H and O–H groups in total. The lowest BCUT2D eigenvalue weighted by Crippen LogP contribution is -2.27. The molecule has 1 amide bonds. The first-order valence-electron chi connectivity index (χ1n) is 5.14. The lowest BCUT2D eigenvalue weighted by atomic mass is 10.2. The Morgan fingerprint density at radius 1 is 1.29 bits per heavy atom. The molecule has 1 heterocycles. The fourth-order valence-corrected chi connectivity index (χ4v) is 1.64. The summed E-state index contributed by atoms with van der Waals surface area (Å²) < 4.78 is 5.06. The second kappa shape index (κ2) is 4.58. The Morgan fingerprint density at radius 3 is 2.29 bits per heavy atom. The molecule has 7 heteroatoms. The van der Waals surface area contributed by atoms with E-state index in [0.717, 1.165) is 11.3 Å². The Balaban J connectivity index is 2.65. The number of rotatable bonds is 2. The summed E-state index contributed by atoms with van der Waals surface area (Å²) in [5.41, 5.74) is -1.63. The molecule has 1 aromatic heterocycles. The number of hydrogen-bond donors (Lipinski definition) is 2. The third-order valence-corrected chi connectivity index (χ3v) is 2.71. The molecule has 0 radical (unpaired) electrons. The van der Waals surface area contributed by atoms with Crippen LogP contribution in [0, 0.1) is 0 Å². The molecule has 0 bridgehead atoms. The maximum absolute atomic E-state index is 11.4. The van der Waals surface area contributed by atoms with Crippen LogP contribution >= 0.6 is 11.3 Å². The minimum absolute atomic E-state index is 0.302. The monoisotopic (exact) mass is 259 g/mol. The summed E-state index contributed by atoms with van der Waals surface area (Å²) in [6, 6.07) is 0. The minimum atomic E-state index is -1.06. The van der Waals surface area contributed by atoms with Crippen molar-refractivity contribution in [2.45, 2.75) is 45.8 Å². The van der Waals surface area contributed by atoms with E-state index in [-0.39, 0.29) is 0 Å². The molecular formula is C10H17N3O3S. The lowest BCUT2D eigenvalue weighted by molar-refractivity contribution is 0.0635. The average Bonchev–Trinajstić information content (AvgIpc) is 2.47. The summed E-state index contributed by atoms with van der Waals surface area (Å²) in [7, 11) is 0. The first kappa shape index (κ1) is 13.9. The number of aromatic nitrogens is 2. The van der Waals surface area contributed by atoms with Crippen molar-refractivity contribution >= 4 is 22.6 Å². The Bertz CT molecular complexity index is 404. The van der Waals surface area contributed by atoms with Gasteiger partial charge in [0, 0.05) is 0 Å². The summed E-state index contributed by atoms with van der Waals surface area (Å²) in [5, 5.41) is 20.4. The van der Waals surface area contributed by atoms with Crippen LogP contribution < -0.4 is 5.32 Å². The molecule has 0 aliphatic rings. The number of ether oxygens (including phenoxy) is 1. The van der Waals surface area contributed by atoms with Crippen LogP contribution in [0.2, 0.25) is 0 Å². The van der Waals surface area contributed by atoms with E-state index in [1.807, 2.05) is 0 Å². The van der Waals surface area contributed by atoms with Crippen LogP contribution in [0.3, 0.4) is 0 Å². The number of aliphatic hydroxyl groups is 1. The molecule has 0 unspecified atom stereocenters. The molecule has 1 rings (SSSR count). The van der Waals surface area contributed by atoms with Gasteiger partial charge in [0.05, 0.1) is 0 Å². The maximum Gasteiger partial charge on any atom is 0.414 e. The van der Waals surface area contributed by atoms with Crippen molar-refractivity contribution in [3.8, 4) is 0 Å². The van der Waals surface area contributed by atoms with Crippen molar-refractivity contribution in [1.29, 1.82) is 0 Å². The quantitative estimate of drug-likeness (QED) is 0.849. The Hall–Kier alpha value is -1.21. The van der Waals surface area contributed by atoms with Gasteiger partial charge in [-0.3, -0.25) is 5.32 Å². The van der Waals surface area contributed by atoms with Crippen LogP contribution in [0.5, 0.6) is 0 Å². The second-order valence-electron chi connectivity index (χ2n) is 5.10. The van der Waals surface area contributed by atoms with Crippen LogP contribution in [-0.4, -0.2) is 27.0 Å². The SMILES string of the molecule is CC(C)(C)OC(=O)Nc1nnc(C(C)(C)O)s1. The van der Waals surface area contributed by atoms with Gasteiger partial charge >= 0.3 is 6.09 Å². The standard InChI is InChI=1S/C10H17N3O3S/c1-9(2,3)16-8(14)11-7-13-12-6(17-7)10(4,5)15/h15H,1-5H3,(H,11,13,14). The molecule has 0 aliphatic heterocycles. The fraction of sp³-hybridized carbons (Fsp3) is 0.700. The van der Waals surface area contributed by atoms with Gasteiger partial charge in [-0.1, -0.05) is 11.3 Å². The van der Waals surface area contributed by atoms with Gasteiger partial charge in [0.2, 0.25) is 5.13 Å². The fourth-order valence-electron chi connectivity index (χ4n) is 0.912. The van der Waals surface area contributed by atoms with Gasteiger partial charge in [0.15, 0.2) is 0 Å². The highest BCUT2D eigenvalue weighted by Gasteiger charge is 2.23. The third kappa shape index (κ3) is 4.66. The number of hydrogen-bond acceptors (Lipinski definition) is 6. The molecule has 0 aliphatic carbocycles. The molecule has 0 saturated carbocycles. The highest BCUT2D eigenvalue weighted by atomic mass is 32.1. The molecular weight excluding hydrogens is 242 g/mol. The lowest BCUT2D eigenvalue weighted by Gasteiger charge is -2.18. The van der Waals surface area contributed by atoms with Gasteiger partial charge in [-0.05, 0) is 34.6 Å². The van der Waals surface area contributed by atoms with E-state index in [2.05, 4.69) is 15.5 Å². The molecule has 96 valence electrons. The van der Waals surface area contributed by atoms with Gasteiger partial charge in [-0.15, -0.1) is 10.2 Å². The number of nitrogens with one attached hydrogen (secondary N) is 1. The Kier molecular flexibility index (Phi) is 3.73. The summed E-state index contributed by atoms with van der Waals surface area (Å²) in [4.78, 5) is 11.4. The molecule has 1 aromatic rings. The molecule has 6 nitrogen and oxygen atoms in total. The summed E-state index contributed by atoms with van der Waals surface area (Å²) in [6.45, 7) is 8.52. The molecule has 0 atom stereocenters.